The zero-order valence-corrected chi connectivity index (χ0v) is 7.33. The highest BCUT2D eigenvalue weighted by molar-refractivity contribution is 5.82. The smallest absolute Gasteiger partial charge is 0.0643 e. The van der Waals surface area contributed by atoms with E-state index in [1.54, 1.807) is 0 Å². The van der Waals surface area contributed by atoms with Gasteiger partial charge in [-0.1, -0.05) is 13.8 Å². The number of hydrogen-bond donors (Lipinski definition) is 1. The Morgan fingerprint density at radius 2 is 2.25 bits per heavy atom. The highest BCUT2D eigenvalue weighted by atomic mass is 14.7. The number of pyridine rings is 1. The van der Waals surface area contributed by atoms with Crippen LogP contribution in [0.4, 0.5) is 0 Å². The molecule has 0 aliphatic heterocycles. The second-order valence-corrected chi connectivity index (χ2v) is 3.32. The van der Waals surface area contributed by atoms with Crippen LogP contribution in [0.1, 0.15) is 25.3 Å². The van der Waals surface area contributed by atoms with Crippen molar-refractivity contribution in [3.8, 4) is 0 Å². The molecule has 2 heteroatoms. The fourth-order valence-electron chi connectivity index (χ4n) is 1.47. The summed E-state index contributed by atoms with van der Waals surface area (Å²) in [5.74, 6) is 0.571. The molecule has 2 aromatic rings. The normalized spacial score (nSPS) is 11.2. The highest BCUT2D eigenvalue weighted by Gasteiger charge is 2.05. The number of fused-ring (bicyclic) bond motifs is 1. The number of aromatic amines is 1. The zero-order chi connectivity index (χ0) is 8.55. The molecule has 0 amide bonds. The van der Waals surface area contributed by atoms with Crippen LogP contribution in [-0.4, -0.2) is 9.97 Å². The van der Waals surface area contributed by atoms with E-state index < -0.39 is 0 Å². The number of hydrogen-bond acceptors (Lipinski definition) is 1. The molecule has 0 aromatic carbocycles. The number of nitrogens with one attached hydrogen (secondary N) is 1. The summed E-state index contributed by atoms with van der Waals surface area (Å²) in [6.45, 7) is 4.39. The quantitative estimate of drug-likeness (QED) is 0.682. The molecule has 0 aliphatic rings. The van der Waals surface area contributed by atoms with E-state index >= 15 is 0 Å². The molecule has 0 bridgehead atoms. The van der Waals surface area contributed by atoms with Crippen molar-refractivity contribution >= 4 is 10.9 Å². The second kappa shape index (κ2) is 2.63. The number of nitrogens with zero attached hydrogens (tertiary/aromatic N) is 1. The molecule has 0 atom stereocenters. The Bertz CT molecular complexity index is 387. The molecule has 2 nitrogen and oxygen atoms in total. The molecule has 0 aliphatic carbocycles. The van der Waals surface area contributed by atoms with Crippen molar-refractivity contribution in [2.45, 2.75) is 19.8 Å². The summed E-state index contributed by atoms with van der Waals surface area (Å²) in [5.41, 5.74) is 2.49. The van der Waals surface area contributed by atoms with Crippen molar-refractivity contribution in [2.75, 3.05) is 0 Å². The van der Waals surface area contributed by atoms with Gasteiger partial charge >= 0.3 is 0 Å². The summed E-state index contributed by atoms with van der Waals surface area (Å²) in [7, 11) is 0. The van der Waals surface area contributed by atoms with Gasteiger partial charge in [-0.3, -0.25) is 4.98 Å². The fraction of sp³-hybridized carbons (Fsp3) is 0.300. The van der Waals surface area contributed by atoms with Gasteiger partial charge < -0.3 is 4.98 Å². The summed E-state index contributed by atoms with van der Waals surface area (Å²) in [6, 6.07) is 2.06. The maximum atomic E-state index is 4.05. The number of aromatic nitrogens is 2. The van der Waals surface area contributed by atoms with Gasteiger partial charge in [0.15, 0.2) is 0 Å². The van der Waals surface area contributed by atoms with Gasteiger partial charge in [0.05, 0.1) is 11.7 Å². The molecule has 2 rings (SSSR count). The molecule has 0 fully saturated rings. The van der Waals surface area contributed by atoms with E-state index in [0.29, 0.717) is 5.92 Å². The molecule has 0 unspecified atom stereocenters. The topological polar surface area (TPSA) is 28.7 Å². The monoisotopic (exact) mass is 160 g/mol. The molecule has 2 heterocycles. The van der Waals surface area contributed by atoms with E-state index in [1.807, 2.05) is 12.4 Å². The predicted octanol–water partition coefficient (Wildman–Crippen LogP) is 2.69. The van der Waals surface area contributed by atoms with Crippen molar-refractivity contribution in [1.29, 1.82) is 0 Å². The van der Waals surface area contributed by atoms with Gasteiger partial charge in [-0.25, -0.2) is 0 Å². The summed E-state index contributed by atoms with van der Waals surface area (Å²) in [5, 5.41) is 1.29. The Hall–Kier alpha value is -1.31. The minimum absolute atomic E-state index is 0.571. The highest BCUT2D eigenvalue weighted by Crippen LogP contribution is 2.23. The third-order valence-corrected chi connectivity index (χ3v) is 2.14. The Morgan fingerprint density at radius 1 is 1.42 bits per heavy atom. The molecule has 0 saturated carbocycles. The van der Waals surface area contributed by atoms with E-state index in [0.717, 1.165) is 5.52 Å². The van der Waals surface area contributed by atoms with Crippen molar-refractivity contribution in [3.05, 3.63) is 30.2 Å². The molecule has 2 aromatic heterocycles. The number of H-pyrrole nitrogens is 1. The first-order chi connectivity index (χ1) is 5.79. The summed E-state index contributed by atoms with van der Waals surface area (Å²) in [4.78, 5) is 7.26. The van der Waals surface area contributed by atoms with E-state index in [2.05, 4.69) is 36.1 Å². The minimum atomic E-state index is 0.571. The van der Waals surface area contributed by atoms with Gasteiger partial charge in [-0.15, -0.1) is 0 Å². The molecule has 62 valence electrons. The van der Waals surface area contributed by atoms with Gasteiger partial charge in [0.25, 0.3) is 0 Å². The SMILES string of the molecule is CC(C)c1c[nH]c2cnccc12. The van der Waals surface area contributed by atoms with Crippen LogP contribution in [0.25, 0.3) is 10.9 Å². The van der Waals surface area contributed by atoms with Gasteiger partial charge in [-0.2, -0.15) is 0 Å². The maximum absolute atomic E-state index is 4.05. The molecule has 1 N–H and O–H groups in total. The second-order valence-electron chi connectivity index (χ2n) is 3.32. The minimum Gasteiger partial charge on any atom is -0.360 e. The molecule has 0 radical (unpaired) electrons. The maximum Gasteiger partial charge on any atom is 0.0643 e. The van der Waals surface area contributed by atoms with Crippen molar-refractivity contribution < 1.29 is 0 Å². The van der Waals surface area contributed by atoms with Gasteiger partial charge in [0, 0.05) is 17.8 Å². The standard InChI is InChI=1S/C10H12N2/c1-7(2)9-5-12-10-6-11-4-3-8(9)10/h3-7,12H,1-2H3. The van der Waals surface area contributed by atoms with Crippen LogP contribution in [0.2, 0.25) is 0 Å². The molecular formula is C10H12N2. The van der Waals surface area contributed by atoms with E-state index in [1.165, 1.54) is 10.9 Å². The summed E-state index contributed by atoms with van der Waals surface area (Å²) >= 11 is 0. The van der Waals surface area contributed by atoms with Crippen LogP contribution in [0, 0.1) is 0 Å². The Morgan fingerprint density at radius 3 is 3.00 bits per heavy atom. The van der Waals surface area contributed by atoms with Crippen LogP contribution < -0.4 is 0 Å². The first kappa shape index (κ1) is 7.35. The lowest BCUT2D eigenvalue weighted by Crippen LogP contribution is -1.83. The van der Waals surface area contributed by atoms with Crippen LogP contribution in [0.3, 0.4) is 0 Å². The van der Waals surface area contributed by atoms with Crippen molar-refractivity contribution in [3.63, 3.8) is 0 Å². The lowest BCUT2D eigenvalue weighted by molar-refractivity contribution is 0.875. The first-order valence-corrected chi connectivity index (χ1v) is 4.20. The lowest BCUT2D eigenvalue weighted by Gasteiger charge is -2.00. The van der Waals surface area contributed by atoms with Gasteiger partial charge in [0.1, 0.15) is 0 Å². The van der Waals surface area contributed by atoms with Crippen LogP contribution in [0.15, 0.2) is 24.7 Å². The Kier molecular flexibility index (Phi) is 1.61. The Labute approximate surface area is 71.6 Å². The third-order valence-electron chi connectivity index (χ3n) is 2.14. The zero-order valence-electron chi connectivity index (χ0n) is 7.33. The van der Waals surface area contributed by atoms with E-state index in [-0.39, 0.29) is 0 Å². The largest absolute Gasteiger partial charge is 0.360 e. The van der Waals surface area contributed by atoms with E-state index in [4.69, 9.17) is 0 Å². The average molecular weight is 160 g/mol. The molecular weight excluding hydrogens is 148 g/mol. The predicted molar refractivity (Wildman–Crippen MR) is 50.2 cm³/mol. The first-order valence-electron chi connectivity index (χ1n) is 4.20. The fourth-order valence-corrected chi connectivity index (χ4v) is 1.47. The lowest BCUT2D eigenvalue weighted by atomic mass is 10.0. The molecule has 0 saturated heterocycles. The van der Waals surface area contributed by atoms with Crippen LogP contribution in [-0.2, 0) is 0 Å². The van der Waals surface area contributed by atoms with Gasteiger partial charge in [0.2, 0.25) is 0 Å². The van der Waals surface area contributed by atoms with Crippen LogP contribution in [0.5, 0.6) is 0 Å². The van der Waals surface area contributed by atoms with Crippen molar-refractivity contribution in [1.82, 2.24) is 9.97 Å². The molecule has 12 heavy (non-hydrogen) atoms. The van der Waals surface area contributed by atoms with E-state index in [9.17, 15) is 0 Å². The third kappa shape index (κ3) is 0.998. The van der Waals surface area contributed by atoms with Crippen LogP contribution >= 0.6 is 0 Å². The van der Waals surface area contributed by atoms with Crippen molar-refractivity contribution in [2.24, 2.45) is 0 Å². The average Bonchev–Trinajstić information content (AvgIpc) is 2.47. The Balaban J connectivity index is 2.70. The number of rotatable bonds is 1. The van der Waals surface area contributed by atoms with Gasteiger partial charge in [-0.05, 0) is 17.5 Å². The molecule has 0 spiro atoms. The summed E-state index contributed by atoms with van der Waals surface area (Å²) in [6.07, 6.45) is 5.76. The summed E-state index contributed by atoms with van der Waals surface area (Å²) < 4.78 is 0.